The van der Waals surface area contributed by atoms with Gasteiger partial charge in [-0.1, -0.05) is 13.3 Å². The zero-order valence-corrected chi connectivity index (χ0v) is 14.3. The fraction of sp³-hybridized carbons (Fsp3) is 0.471. The van der Waals surface area contributed by atoms with E-state index in [1.165, 1.54) is 16.8 Å². The van der Waals surface area contributed by atoms with Gasteiger partial charge in [-0.25, -0.2) is 14.6 Å². The van der Waals surface area contributed by atoms with E-state index in [9.17, 15) is 9.59 Å². The lowest BCUT2D eigenvalue weighted by Crippen LogP contribution is -2.49. The maximum Gasteiger partial charge on any atom is 0.274 e. The van der Waals surface area contributed by atoms with Crippen molar-refractivity contribution < 1.29 is 4.79 Å². The molecule has 8 nitrogen and oxygen atoms in total. The molecule has 1 saturated heterocycles. The second-order valence-electron chi connectivity index (χ2n) is 5.96. The van der Waals surface area contributed by atoms with E-state index < -0.39 is 0 Å². The smallest absolute Gasteiger partial charge is 0.274 e. The highest BCUT2D eigenvalue weighted by Gasteiger charge is 2.24. The zero-order valence-electron chi connectivity index (χ0n) is 14.3. The fourth-order valence-electron chi connectivity index (χ4n) is 2.76. The summed E-state index contributed by atoms with van der Waals surface area (Å²) in [6, 6.07) is 4.71. The lowest BCUT2D eigenvalue weighted by atomic mass is 10.2. The Morgan fingerprint density at radius 2 is 1.84 bits per heavy atom. The zero-order chi connectivity index (χ0) is 17.6. The highest BCUT2D eigenvalue weighted by molar-refractivity contribution is 5.92. The second-order valence-corrected chi connectivity index (χ2v) is 5.96. The van der Waals surface area contributed by atoms with Crippen molar-refractivity contribution in [1.82, 2.24) is 24.6 Å². The molecular formula is C17H22N6O2. The molecule has 0 bridgehead atoms. The van der Waals surface area contributed by atoms with Crippen molar-refractivity contribution in [2.45, 2.75) is 26.3 Å². The molecule has 0 saturated carbocycles. The van der Waals surface area contributed by atoms with Crippen molar-refractivity contribution in [3.63, 3.8) is 0 Å². The predicted molar refractivity (Wildman–Crippen MR) is 93.6 cm³/mol. The highest BCUT2D eigenvalue weighted by atomic mass is 16.2. The molecular weight excluding hydrogens is 320 g/mol. The quantitative estimate of drug-likeness (QED) is 0.799. The summed E-state index contributed by atoms with van der Waals surface area (Å²) >= 11 is 0. The average Bonchev–Trinajstić information content (AvgIpc) is 2.67. The third kappa shape index (κ3) is 4.01. The molecule has 0 aliphatic carbocycles. The van der Waals surface area contributed by atoms with Crippen LogP contribution in [0.1, 0.15) is 30.3 Å². The van der Waals surface area contributed by atoms with Crippen molar-refractivity contribution >= 4 is 11.9 Å². The van der Waals surface area contributed by atoms with Gasteiger partial charge in [0.2, 0.25) is 5.95 Å². The minimum Gasteiger partial charge on any atom is -0.337 e. The molecule has 0 spiro atoms. The van der Waals surface area contributed by atoms with Gasteiger partial charge in [-0.2, -0.15) is 5.10 Å². The number of nitrogens with zero attached hydrogens (tertiary/aromatic N) is 6. The number of carbonyl (C=O) groups is 1. The number of anilines is 1. The van der Waals surface area contributed by atoms with E-state index in [1.54, 1.807) is 23.4 Å². The van der Waals surface area contributed by atoms with E-state index >= 15 is 0 Å². The molecule has 2 aromatic rings. The van der Waals surface area contributed by atoms with Gasteiger partial charge in [0.15, 0.2) is 0 Å². The summed E-state index contributed by atoms with van der Waals surface area (Å²) in [5.74, 6) is 0.541. The van der Waals surface area contributed by atoms with Gasteiger partial charge in [0.05, 0.1) is 0 Å². The Hall–Kier alpha value is -2.77. The molecule has 8 heteroatoms. The van der Waals surface area contributed by atoms with E-state index in [0.717, 1.165) is 12.8 Å². The van der Waals surface area contributed by atoms with Crippen molar-refractivity contribution in [2.24, 2.45) is 0 Å². The fourth-order valence-corrected chi connectivity index (χ4v) is 2.76. The third-order valence-corrected chi connectivity index (χ3v) is 4.21. The molecule has 1 aliphatic heterocycles. The van der Waals surface area contributed by atoms with Crippen LogP contribution in [0.4, 0.5) is 5.95 Å². The van der Waals surface area contributed by atoms with E-state index in [-0.39, 0.29) is 11.5 Å². The summed E-state index contributed by atoms with van der Waals surface area (Å²) in [5.41, 5.74) is 0.149. The molecule has 0 N–H and O–H groups in total. The van der Waals surface area contributed by atoms with Crippen LogP contribution in [-0.4, -0.2) is 56.7 Å². The van der Waals surface area contributed by atoms with Crippen LogP contribution in [0.2, 0.25) is 0 Å². The first-order valence-corrected chi connectivity index (χ1v) is 8.58. The van der Waals surface area contributed by atoms with E-state index in [0.29, 0.717) is 44.4 Å². The van der Waals surface area contributed by atoms with Crippen molar-refractivity contribution in [3.05, 3.63) is 46.6 Å². The first-order chi connectivity index (χ1) is 12.2. The van der Waals surface area contributed by atoms with Crippen LogP contribution in [0.25, 0.3) is 0 Å². The van der Waals surface area contributed by atoms with Crippen LogP contribution in [0, 0.1) is 0 Å². The summed E-state index contributed by atoms with van der Waals surface area (Å²) in [5, 5.41) is 4.24. The van der Waals surface area contributed by atoms with Crippen LogP contribution in [0.15, 0.2) is 35.4 Å². The number of unbranched alkanes of at least 4 members (excludes halogenated alkanes) is 1. The van der Waals surface area contributed by atoms with Crippen LogP contribution in [0.3, 0.4) is 0 Å². The SMILES string of the molecule is CCCCn1nc(C(=O)N2CCN(c3ncccn3)CC2)ccc1=O. The normalized spacial score (nSPS) is 14.6. The van der Waals surface area contributed by atoms with E-state index in [1.807, 2.05) is 0 Å². The van der Waals surface area contributed by atoms with Gasteiger partial charge >= 0.3 is 0 Å². The maximum absolute atomic E-state index is 12.7. The Morgan fingerprint density at radius 1 is 1.12 bits per heavy atom. The largest absolute Gasteiger partial charge is 0.337 e. The number of aromatic nitrogens is 4. The predicted octanol–water partition coefficient (Wildman–Crippen LogP) is 0.796. The Balaban J connectivity index is 1.65. The van der Waals surface area contributed by atoms with Crippen molar-refractivity contribution in [3.8, 4) is 0 Å². The molecule has 1 aliphatic rings. The molecule has 0 atom stereocenters. The van der Waals surface area contributed by atoms with Crippen molar-refractivity contribution in [2.75, 3.05) is 31.1 Å². The van der Waals surface area contributed by atoms with Gasteiger partial charge in [-0.3, -0.25) is 9.59 Å². The first kappa shape index (κ1) is 17.1. The number of aryl methyl sites for hydroxylation is 1. The molecule has 2 aromatic heterocycles. The number of carbonyl (C=O) groups excluding carboxylic acids is 1. The Bertz CT molecular complexity index is 768. The average molecular weight is 342 g/mol. The molecule has 3 heterocycles. The van der Waals surface area contributed by atoms with Gasteiger partial charge < -0.3 is 9.80 Å². The summed E-state index contributed by atoms with van der Waals surface area (Å²) < 4.78 is 1.38. The lowest BCUT2D eigenvalue weighted by molar-refractivity contribution is 0.0737. The number of piperazine rings is 1. The second kappa shape index (κ2) is 7.87. The molecule has 25 heavy (non-hydrogen) atoms. The van der Waals surface area contributed by atoms with Crippen LogP contribution >= 0.6 is 0 Å². The minimum absolute atomic E-state index is 0.140. The van der Waals surface area contributed by atoms with Gasteiger partial charge in [0, 0.05) is 51.2 Å². The van der Waals surface area contributed by atoms with Crippen LogP contribution in [-0.2, 0) is 6.54 Å². The maximum atomic E-state index is 12.7. The molecule has 0 aromatic carbocycles. The van der Waals surface area contributed by atoms with Gasteiger partial charge in [0.25, 0.3) is 11.5 Å². The summed E-state index contributed by atoms with van der Waals surface area (Å²) in [4.78, 5) is 36.8. The monoisotopic (exact) mass is 342 g/mol. The number of hydrogen-bond donors (Lipinski definition) is 0. The molecule has 3 rings (SSSR count). The summed E-state index contributed by atoms with van der Waals surface area (Å²) in [6.07, 6.45) is 5.25. The van der Waals surface area contributed by atoms with Crippen molar-refractivity contribution in [1.29, 1.82) is 0 Å². The van der Waals surface area contributed by atoms with Gasteiger partial charge in [-0.05, 0) is 18.6 Å². The molecule has 1 amide bonds. The molecule has 0 radical (unpaired) electrons. The lowest BCUT2D eigenvalue weighted by Gasteiger charge is -2.34. The van der Waals surface area contributed by atoms with Gasteiger partial charge in [-0.15, -0.1) is 0 Å². The summed E-state index contributed by atoms with van der Waals surface area (Å²) in [7, 11) is 0. The Labute approximate surface area is 146 Å². The van der Waals surface area contributed by atoms with Crippen LogP contribution < -0.4 is 10.5 Å². The van der Waals surface area contributed by atoms with E-state index in [4.69, 9.17) is 0 Å². The first-order valence-electron chi connectivity index (χ1n) is 8.58. The third-order valence-electron chi connectivity index (χ3n) is 4.21. The van der Waals surface area contributed by atoms with Crippen LogP contribution in [0.5, 0.6) is 0 Å². The topological polar surface area (TPSA) is 84.2 Å². The standard InChI is InChI=1S/C17H22N6O2/c1-2-3-9-23-15(24)6-5-14(20-23)16(25)21-10-12-22(13-11-21)17-18-7-4-8-19-17/h4-8H,2-3,9-13H2,1H3. The van der Waals surface area contributed by atoms with E-state index in [2.05, 4.69) is 26.9 Å². The number of hydrogen-bond acceptors (Lipinski definition) is 6. The Kier molecular flexibility index (Phi) is 5.37. The highest BCUT2D eigenvalue weighted by Crippen LogP contribution is 2.11. The number of rotatable bonds is 5. The number of amides is 1. The Morgan fingerprint density at radius 3 is 2.52 bits per heavy atom. The minimum atomic E-state index is -0.170. The molecule has 132 valence electrons. The summed E-state index contributed by atoms with van der Waals surface area (Å²) in [6.45, 7) is 5.09. The molecule has 0 unspecified atom stereocenters. The molecule has 1 fully saturated rings. The van der Waals surface area contributed by atoms with Gasteiger partial charge in [0.1, 0.15) is 5.69 Å².